The molecule has 0 aromatic rings. The summed E-state index contributed by atoms with van der Waals surface area (Å²) in [6.07, 6.45) is 7.03. The molecule has 0 bridgehead atoms. The van der Waals surface area contributed by atoms with E-state index >= 15 is 0 Å². The van der Waals surface area contributed by atoms with Gasteiger partial charge in [-0.05, 0) is 13.3 Å². The predicted octanol–water partition coefficient (Wildman–Crippen LogP) is 2.08. The quantitative estimate of drug-likeness (QED) is 0.503. The van der Waals surface area contributed by atoms with Gasteiger partial charge in [0.1, 0.15) is 0 Å². The Kier molecular flexibility index (Phi) is 10.2. The first-order valence-electron chi connectivity index (χ1n) is 7.19. The molecule has 5 heteroatoms. The minimum Gasteiger partial charge on any atom is -0.480 e. The molecule has 0 heterocycles. The molecule has 0 radical (unpaired) electrons. The van der Waals surface area contributed by atoms with Gasteiger partial charge in [0.15, 0.2) is 6.04 Å². The van der Waals surface area contributed by atoms with Gasteiger partial charge in [-0.1, -0.05) is 45.4 Å². The van der Waals surface area contributed by atoms with Gasteiger partial charge in [-0.25, -0.2) is 4.79 Å². The first kappa shape index (κ1) is 17.9. The van der Waals surface area contributed by atoms with Gasteiger partial charge >= 0.3 is 5.97 Å². The molecule has 112 valence electrons. The molecule has 0 aliphatic rings. The number of carbonyl (C=O) groups is 2. The lowest BCUT2D eigenvalue weighted by Gasteiger charge is -2.16. The number of hydrogen-bond donors (Lipinski definition) is 3. The highest BCUT2D eigenvalue weighted by atomic mass is 16.4. The monoisotopic (exact) mass is 273 g/mol. The lowest BCUT2D eigenvalue weighted by molar-refractivity contribution is -0.144. The second-order valence-electron chi connectivity index (χ2n) is 5.00. The van der Waals surface area contributed by atoms with Crippen molar-refractivity contribution in [2.75, 3.05) is 0 Å². The first-order valence-corrected chi connectivity index (χ1v) is 7.19. The maximum Gasteiger partial charge on any atom is 0.328 e. The Morgan fingerprint density at radius 2 is 1.58 bits per heavy atom. The molecule has 0 saturated carbocycles. The van der Waals surface area contributed by atoms with Gasteiger partial charge in [0.2, 0.25) is 5.91 Å². The number of nitrogens with one attached hydrogen (secondary N) is 1. The van der Waals surface area contributed by atoms with Crippen LogP contribution in [0.25, 0.3) is 0 Å². The molecule has 5 nitrogen and oxygen atoms in total. The van der Waals surface area contributed by atoms with Crippen LogP contribution in [0, 0.1) is 0 Å². The summed E-state index contributed by atoms with van der Waals surface area (Å²) in [4.78, 5) is 22.3. The van der Waals surface area contributed by atoms with Crippen LogP contribution in [0.15, 0.2) is 0 Å². The SMILES string of the molecule is CCCCCCCCCC(=O)N[C@@H](C(=O)O)[C@H](C)O. The van der Waals surface area contributed by atoms with Crippen molar-refractivity contribution < 1.29 is 19.8 Å². The number of carbonyl (C=O) groups excluding carboxylic acids is 1. The third-order valence-corrected chi connectivity index (χ3v) is 3.07. The number of carboxylic acids is 1. The summed E-state index contributed by atoms with van der Waals surface area (Å²) in [5.41, 5.74) is 0. The summed E-state index contributed by atoms with van der Waals surface area (Å²) >= 11 is 0. The summed E-state index contributed by atoms with van der Waals surface area (Å²) in [5, 5.41) is 20.4. The van der Waals surface area contributed by atoms with Crippen LogP contribution in [0.4, 0.5) is 0 Å². The Bertz CT molecular complexity index is 266. The van der Waals surface area contributed by atoms with Crippen molar-refractivity contribution in [3.63, 3.8) is 0 Å². The standard InChI is InChI=1S/C14H27NO4/c1-3-4-5-6-7-8-9-10-12(17)15-13(11(2)16)14(18)19/h11,13,16H,3-10H2,1-2H3,(H,15,17)(H,18,19)/t11-,13+/m0/s1. The molecular formula is C14H27NO4. The predicted molar refractivity (Wildman–Crippen MR) is 73.9 cm³/mol. The van der Waals surface area contributed by atoms with E-state index in [2.05, 4.69) is 12.2 Å². The molecule has 2 atom stereocenters. The Labute approximate surface area is 115 Å². The van der Waals surface area contributed by atoms with Crippen LogP contribution in [0.1, 0.15) is 65.2 Å². The average Bonchev–Trinajstić information content (AvgIpc) is 2.34. The molecule has 0 aliphatic heterocycles. The largest absolute Gasteiger partial charge is 0.480 e. The van der Waals surface area contributed by atoms with Crippen LogP contribution in [-0.2, 0) is 9.59 Å². The van der Waals surface area contributed by atoms with E-state index in [4.69, 9.17) is 5.11 Å². The molecule has 0 spiro atoms. The minimum atomic E-state index is -1.21. The van der Waals surface area contributed by atoms with Gasteiger partial charge in [-0.15, -0.1) is 0 Å². The molecular weight excluding hydrogens is 246 g/mol. The summed E-state index contributed by atoms with van der Waals surface area (Å²) in [7, 11) is 0. The molecule has 0 aromatic heterocycles. The second kappa shape index (κ2) is 10.8. The van der Waals surface area contributed by atoms with Crippen molar-refractivity contribution in [2.24, 2.45) is 0 Å². The molecule has 0 rings (SSSR count). The van der Waals surface area contributed by atoms with Crippen molar-refractivity contribution in [1.29, 1.82) is 0 Å². The van der Waals surface area contributed by atoms with Crippen molar-refractivity contribution in [3.05, 3.63) is 0 Å². The Hall–Kier alpha value is -1.10. The van der Waals surface area contributed by atoms with Crippen LogP contribution < -0.4 is 5.32 Å². The number of aliphatic hydroxyl groups is 1. The van der Waals surface area contributed by atoms with Crippen LogP contribution >= 0.6 is 0 Å². The highest BCUT2D eigenvalue weighted by Gasteiger charge is 2.24. The van der Waals surface area contributed by atoms with E-state index in [1.54, 1.807) is 0 Å². The highest BCUT2D eigenvalue weighted by Crippen LogP contribution is 2.08. The Balaban J connectivity index is 3.66. The average molecular weight is 273 g/mol. The molecule has 1 amide bonds. The molecule has 0 saturated heterocycles. The normalized spacial score (nSPS) is 13.8. The number of hydrogen-bond acceptors (Lipinski definition) is 3. The van der Waals surface area contributed by atoms with Crippen molar-refractivity contribution in [1.82, 2.24) is 5.32 Å². The molecule has 3 N–H and O–H groups in total. The number of aliphatic hydroxyl groups excluding tert-OH is 1. The van der Waals surface area contributed by atoms with Gasteiger partial charge in [-0.3, -0.25) is 4.79 Å². The van der Waals surface area contributed by atoms with Gasteiger partial charge < -0.3 is 15.5 Å². The van der Waals surface area contributed by atoms with Crippen LogP contribution in [-0.4, -0.2) is 34.2 Å². The molecule has 0 aromatic carbocycles. The fourth-order valence-electron chi connectivity index (χ4n) is 1.88. The van der Waals surface area contributed by atoms with Gasteiger partial charge in [-0.2, -0.15) is 0 Å². The number of aliphatic carboxylic acids is 1. The Morgan fingerprint density at radius 1 is 1.05 bits per heavy atom. The maximum atomic E-state index is 11.5. The lowest BCUT2D eigenvalue weighted by Crippen LogP contribution is -2.47. The topological polar surface area (TPSA) is 86.6 Å². The van der Waals surface area contributed by atoms with E-state index in [1.165, 1.54) is 32.6 Å². The van der Waals surface area contributed by atoms with E-state index in [9.17, 15) is 14.7 Å². The van der Waals surface area contributed by atoms with Crippen LogP contribution in [0.3, 0.4) is 0 Å². The number of rotatable bonds is 11. The zero-order valence-corrected chi connectivity index (χ0v) is 12.0. The third kappa shape index (κ3) is 9.47. The van der Waals surface area contributed by atoms with Crippen LogP contribution in [0.2, 0.25) is 0 Å². The summed E-state index contributed by atoms with van der Waals surface area (Å²) < 4.78 is 0. The van der Waals surface area contributed by atoms with Crippen molar-refractivity contribution in [3.8, 4) is 0 Å². The van der Waals surface area contributed by atoms with Crippen molar-refractivity contribution >= 4 is 11.9 Å². The smallest absolute Gasteiger partial charge is 0.328 e. The van der Waals surface area contributed by atoms with E-state index in [-0.39, 0.29) is 5.91 Å². The second-order valence-corrected chi connectivity index (χ2v) is 5.00. The zero-order chi connectivity index (χ0) is 14.7. The van der Waals surface area contributed by atoms with Crippen LogP contribution in [0.5, 0.6) is 0 Å². The van der Waals surface area contributed by atoms with E-state index in [0.717, 1.165) is 19.3 Å². The lowest BCUT2D eigenvalue weighted by atomic mass is 10.1. The van der Waals surface area contributed by atoms with Gasteiger partial charge in [0, 0.05) is 6.42 Å². The van der Waals surface area contributed by atoms with E-state index in [0.29, 0.717) is 6.42 Å². The summed E-state index contributed by atoms with van der Waals surface area (Å²) in [6.45, 7) is 3.53. The van der Waals surface area contributed by atoms with E-state index in [1.807, 2.05) is 0 Å². The number of unbranched alkanes of at least 4 members (excludes halogenated alkanes) is 6. The third-order valence-electron chi connectivity index (χ3n) is 3.07. The fourth-order valence-corrected chi connectivity index (χ4v) is 1.88. The fraction of sp³-hybridized carbons (Fsp3) is 0.857. The molecule has 0 aliphatic carbocycles. The zero-order valence-electron chi connectivity index (χ0n) is 12.0. The molecule has 0 unspecified atom stereocenters. The number of carboxylic acid groups (broad SMARTS) is 1. The van der Waals surface area contributed by atoms with Gasteiger partial charge in [0.25, 0.3) is 0 Å². The Morgan fingerprint density at radius 3 is 2.05 bits per heavy atom. The molecule has 19 heavy (non-hydrogen) atoms. The van der Waals surface area contributed by atoms with Crippen molar-refractivity contribution in [2.45, 2.75) is 77.4 Å². The number of amides is 1. The maximum absolute atomic E-state index is 11.5. The highest BCUT2D eigenvalue weighted by molar-refractivity contribution is 5.83. The first-order chi connectivity index (χ1) is 8.99. The summed E-state index contributed by atoms with van der Waals surface area (Å²) in [5.74, 6) is -1.51. The summed E-state index contributed by atoms with van der Waals surface area (Å²) in [6, 6.07) is -1.21. The molecule has 0 fully saturated rings. The minimum absolute atomic E-state index is 0.304. The van der Waals surface area contributed by atoms with E-state index < -0.39 is 18.1 Å². The van der Waals surface area contributed by atoms with Gasteiger partial charge in [0.05, 0.1) is 6.10 Å².